The van der Waals surface area contributed by atoms with Gasteiger partial charge in [0, 0.05) is 90.4 Å². The zero-order valence-corrected chi connectivity index (χ0v) is 51.0. The van der Waals surface area contributed by atoms with Gasteiger partial charge >= 0.3 is 24.1 Å². The van der Waals surface area contributed by atoms with Crippen molar-refractivity contribution < 1.29 is 62.0 Å². The largest absolute Gasteiger partial charge is 0.469 e. The predicted molar refractivity (Wildman–Crippen MR) is 329 cm³/mol. The first-order chi connectivity index (χ1) is 41.2. The van der Waals surface area contributed by atoms with Crippen LogP contribution < -0.4 is 38.1 Å². The lowest BCUT2D eigenvalue weighted by atomic mass is 9.92. The van der Waals surface area contributed by atoms with Gasteiger partial charge in [0.2, 0.25) is 0 Å². The fraction of sp³-hybridized carbons (Fsp3) is 0.639. The van der Waals surface area contributed by atoms with E-state index in [1.807, 2.05) is 53.9 Å². The Labute approximate surface area is 508 Å². The number of Topliss-reactive ketones (excluding diaryl/α,β-unsaturated/α-hetero) is 4. The molecule has 6 rings (SSSR count). The summed E-state index contributed by atoms with van der Waals surface area (Å²) in [5.74, 6) is 0.504. The Hall–Kier alpha value is -6.24. The van der Waals surface area contributed by atoms with Crippen molar-refractivity contribution >= 4 is 88.3 Å². The van der Waals surface area contributed by atoms with Gasteiger partial charge in [0.15, 0.2) is 23.5 Å². The van der Waals surface area contributed by atoms with Gasteiger partial charge < -0.3 is 61.7 Å². The maximum absolute atomic E-state index is 13.8. The number of hydrogen-bond acceptors (Lipinski definition) is 21. The normalized spacial score (nSPS) is 19.9. The third-order valence-electron chi connectivity index (χ3n) is 15.6. The van der Waals surface area contributed by atoms with Gasteiger partial charge in [-0.15, -0.1) is 0 Å². The number of anilines is 1. The third-order valence-corrected chi connectivity index (χ3v) is 18.6. The van der Waals surface area contributed by atoms with E-state index in [1.54, 1.807) is 18.2 Å². The van der Waals surface area contributed by atoms with Crippen molar-refractivity contribution in [3.05, 3.63) is 65.2 Å². The molecule has 2 aromatic carbocycles. The number of rotatable bonds is 42. The number of benzene rings is 2. The molecule has 0 aromatic heterocycles. The lowest BCUT2D eigenvalue weighted by molar-refractivity contribution is -0.148. The van der Waals surface area contributed by atoms with Crippen LogP contribution in [0.4, 0.5) is 15.3 Å². The van der Waals surface area contributed by atoms with Crippen molar-refractivity contribution in [1.82, 2.24) is 21.3 Å². The zero-order chi connectivity index (χ0) is 60.8. The van der Waals surface area contributed by atoms with E-state index in [9.17, 15) is 38.4 Å². The smallest absolute Gasteiger partial charge is 0.407 e. The number of guanidine groups is 2. The van der Waals surface area contributed by atoms with Crippen LogP contribution in [0.15, 0.2) is 58.5 Å². The van der Waals surface area contributed by atoms with Crippen LogP contribution in [0.25, 0.3) is 0 Å². The van der Waals surface area contributed by atoms with E-state index in [0.29, 0.717) is 86.6 Å². The molecule has 22 nitrogen and oxygen atoms in total. The molecule has 0 spiro atoms. The number of fused-ring (bicyclic) bond motifs is 2. The average molecular weight is 1220 g/mol. The molecule has 0 unspecified atom stereocenters. The number of nitrogens with two attached hydrogens (primary N) is 2. The summed E-state index contributed by atoms with van der Waals surface area (Å²) in [6, 6.07) is 14.3. The topological polar surface area (TPSA) is 320 Å². The first kappa shape index (κ1) is 67.9. The number of nitrogens with zero attached hydrogens (tertiary/aromatic N) is 2. The second-order valence-electron chi connectivity index (χ2n) is 22.1. The number of urea groups is 1. The molecule has 2 saturated heterocycles. The van der Waals surface area contributed by atoms with Gasteiger partial charge in [0.05, 0.1) is 76.7 Å². The van der Waals surface area contributed by atoms with Crippen molar-refractivity contribution in [3.63, 3.8) is 0 Å². The molecular formula is C61H89N9O13S2. The summed E-state index contributed by atoms with van der Waals surface area (Å²) in [5.41, 5.74) is 13.4. The molecule has 24 heteroatoms. The number of carbonyl (C=O) groups excluding carboxylic acids is 8. The number of thioether (sulfide) groups is 2. The molecule has 0 aliphatic carbocycles. The van der Waals surface area contributed by atoms with Gasteiger partial charge in [0.1, 0.15) is 18.2 Å². The molecule has 0 radical (unpaired) electrons. The molecule has 8 atom stereocenters. The van der Waals surface area contributed by atoms with Crippen molar-refractivity contribution in [3.8, 4) is 0 Å². The van der Waals surface area contributed by atoms with Crippen molar-refractivity contribution in [2.24, 2.45) is 33.3 Å². The van der Waals surface area contributed by atoms with Gasteiger partial charge in [-0.2, -0.15) is 23.5 Å². The summed E-state index contributed by atoms with van der Waals surface area (Å²) in [6.07, 6.45) is 10.1. The fourth-order valence-electron chi connectivity index (χ4n) is 11.0. The van der Waals surface area contributed by atoms with E-state index in [0.717, 1.165) is 55.6 Å². The van der Waals surface area contributed by atoms with Gasteiger partial charge in [-0.05, 0) is 75.1 Å². The van der Waals surface area contributed by atoms with E-state index in [4.69, 9.17) is 35.2 Å². The lowest BCUT2D eigenvalue weighted by Gasteiger charge is -2.15. The second kappa shape index (κ2) is 37.3. The standard InChI is InChI=1S/C61H89N9O13S2/c1-79-56(75)41(35-46(71)20-12-14-24-52-54-48(38-84-52)67-58(62)69-54)18-8-4-10-22-50(73)43-32-44(34-45(33-43)66-60(77)64-26-28-81-30-31-82-29-27-65-61(78)83-37-40-16-6-3-7-17-40)51(74)23-11-5-9-19-42(57(76)80-2)36-47(72)21-13-15-25-53-55-49(39-85-53)68-59(63)70-55/h3,6-7,16-17,32-34,41-42,48-49,52-55H,4-5,8-15,18-31,35-39H2,1-2H3,(H,65,78)(H3,62,67,69)(H3,63,68,70)(H2,64,66,77)/t41-,42-,48+,49+,52+,53+,54+,55+/m1/s1. The van der Waals surface area contributed by atoms with E-state index in [1.165, 1.54) is 14.2 Å². The minimum atomic E-state index is -0.576. The molecule has 4 aliphatic rings. The summed E-state index contributed by atoms with van der Waals surface area (Å²) in [7, 11) is 2.64. The summed E-state index contributed by atoms with van der Waals surface area (Å²) in [6.45, 7) is 1.50. The third kappa shape index (κ3) is 24.2. The first-order valence-corrected chi connectivity index (χ1v) is 32.3. The Morgan fingerprint density at radius 3 is 1.58 bits per heavy atom. The maximum atomic E-state index is 13.8. The predicted octanol–water partition coefficient (Wildman–Crippen LogP) is 7.19. The number of amides is 3. The number of carbonyl (C=O) groups is 8. The van der Waals surface area contributed by atoms with Crippen molar-refractivity contribution in [1.29, 1.82) is 0 Å². The molecule has 3 amide bonds. The minimum absolute atomic E-state index is 0.0200. The average Bonchev–Trinajstić information content (AvgIpc) is 4.29. The number of esters is 2. The Morgan fingerprint density at radius 1 is 0.600 bits per heavy atom. The highest BCUT2D eigenvalue weighted by molar-refractivity contribution is 8.00. The van der Waals surface area contributed by atoms with Crippen LogP contribution >= 0.6 is 23.5 Å². The highest BCUT2D eigenvalue weighted by atomic mass is 32.2. The van der Waals surface area contributed by atoms with Gasteiger partial charge in [0.25, 0.3) is 0 Å². The monoisotopic (exact) mass is 1220 g/mol. The number of ketones is 4. The summed E-state index contributed by atoms with van der Waals surface area (Å²) >= 11 is 3.78. The molecule has 468 valence electrons. The Morgan fingerprint density at radius 2 is 1.08 bits per heavy atom. The molecule has 9 N–H and O–H groups in total. The number of unbranched alkanes of at least 4 members (excludes halogenated alkanes) is 6. The van der Waals surface area contributed by atoms with Crippen molar-refractivity contribution in [2.45, 2.75) is 170 Å². The molecule has 0 bridgehead atoms. The second-order valence-corrected chi connectivity index (χ2v) is 24.7. The van der Waals surface area contributed by atoms with Crippen LogP contribution in [0.2, 0.25) is 0 Å². The van der Waals surface area contributed by atoms with Crippen molar-refractivity contribution in [2.75, 3.05) is 70.6 Å². The molecule has 2 aromatic rings. The summed E-state index contributed by atoms with van der Waals surface area (Å²) in [4.78, 5) is 113. The van der Waals surface area contributed by atoms with Crippen LogP contribution in [0.1, 0.15) is 155 Å². The molecule has 4 heterocycles. The summed E-state index contributed by atoms with van der Waals surface area (Å²) < 4.78 is 26.4. The Balaban J connectivity index is 0.920. The maximum Gasteiger partial charge on any atom is 0.407 e. The van der Waals surface area contributed by atoms with E-state index in [2.05, 4.69) is 36.6 Å². The number of alkyl carbamates (subject to hydrolysis) is 1. The van der Waals surface area contributed by atoms with Crippen LogP contribution in [0.5, 0.6) is 0 Å². The van der Waals surface area contributed by atoms with Gasteiger partial charge in [-0.1, -0.05) is 68.9 Å². The highest BCUT2D eigenvalue weighted by Crippen LogP contribution is 2.36. The highest BCUT2D eigenvalue weighted by Gasteiger charge is 2.41. The van der Waals surface area contributed by atoms with Crippen LogP contribution in [0.3, 0.4) is 0 Å². The zero-order valence-electron chi connectivity index (χ0n) is 49.4. The van der Waals surface area contributed by atoms with Crippen LogP contribution in [0, 0.1) is 11.8 Å². The first-order valence-electron chi connectivity index (χ1n) is 30.2. The molecule has 2 fully saturated rings. The Kier molecular flexibility index (Phi) is 29.8. The van der Waals surface area contributed by atoms with Gasteiger partial charge in [-0.3, -0.25) is 28.8 Å². The number of aliphatic imine (C=N–C) groups is 2. The lowest BCUT2D eigenvalue weighted by Crippen LogP contribution is -2.38. The van der Waals surface area contributed by atoms with E-state index < -0.39 is 35.9 Å². The molecule has 85 heavy (non-hydrogen) atoms. The number of hydrogen-bond donors (Lipinski definition) is 7. The van der Waals surface area contributed by atoms with E-state index in [-0.39, 0.29) is 136 Å². The number of nitrogens with one attached hydrogen (secondary N) is 5. The number of ether oxygens (including phenoxy) is 5. The van der Waals surface area contributed by atoms with E-state index >= 15 is 0 Å². The molecular weight excluding hydrogens is 1130 g/mol. The summed E-state index contributed by atoms with van der Waals surface area (Å²) in [5, 5.41) is 15.3. The Bertz CT molecular complexity index is 2450. The van der Waals surface area contributed by atoms with Crippen LogP contribution in [-0.4, -0.2) is 159 Å². The number of methoxy groups -OCH3 is 2. The minimum Gasteiger partial charge on any atom is -0.469 e. The SMILES string of the molecule is COC(=O)[C@H](CCCCCC(=O)c1cc(NC(=O)NCCOCCOCCNC(=O)OCc2ccccc2)cc(C(=O)CCCCC[C@H](CC(=O)CCCC[C@@H]2SC[C@@H]3NC(N)=N[C@@H]32)C(=O)OC)c1)CC(=O)CCCC[C@@H]1SC[C@@H]2NC(N)=N[C@@H]21. The van der Waals surface area contributed by atoms with Crippen LogP contribution in [-0.2, 0) is 49.5 Å². The molecule has 0 saturated carbocycles. The molecule has 4 aliphatic heterocycles. The fourth-order valence-corrected chi connectivity index (χ4v) is 14.1. The van der Waals surface area contributed by atoms with Gasteiger partial charge in [-0.25, -0.2) is 19.6 Å². The quantitative estimate of drug-likeness (QED) is 0.0150.